The molecule has 40 heavy (non-hydrogen) atoms. The predicted octanol–water partition coefficient (Wildman–Crippen LogP) is 3.78. The number of fused-ring (bicyclic) bond motifs is 1. The van der Waals surface area contributed by atoms with E-state index in [0.717, 1.165) is 35.3 Å². The summed E-state index contributed by atoms with van der Waals surface area (Å²) in [7, 11) is -1.63. The Kier molecular flexibility index (Phi) is 6.36. The van der Waals surface area contributed by atoms with Gasteiger partial charge in [0.25, 0.3) is 0 Å². The monoisotopic (exact) mass is 565 g/mol. The van der Waals surface area contributed by atoms with Gasteiger partial charge in [0.2, 0.25) is 0 Å². The van der Waals surface area contributed by atoms with Gasteiger partial charge in [-0.25, -0.2) is 17.8 Å². The van der Waals surface area contributed by atoms with Gasteiger partial charge < -0.3 is 24.4 Å². The molecule has 2 fully saturated rings. The third-order valence-corrected chi connectivity index (χ3v) is 8.83. The van der Waals surface area contributed by atoms with E-state index in [4.69, 9.17) is 9.47 Å². The molecule has 1 aliphatic carbocycles. The van der Waals surface area contributed by atoms with Gasteiger partial charge in [-0.1, -0.05) is 18.2 Å². The number of methoxy groups -OCH3 is 1. The molecule has 2 aromatic carbocycles. The highest BCUT2D eigenvalue weighted by molar-refractivity contribution is 7.90. The van der Waals surface area contributed by atoms with Gasteiger partial charge in [-0.15, -0.1) is 0 Å². The van der Waals surface area contributed by atoms with Crippen molar-refractivity contribution in [3.63, 3.8) is 0 Å². The van der Waals surface area contributed by atoms with Crippen molar-refractivity contribution in [1.82, 2.24) is 19.9 Å². The van der Waals surface area contributed by atoms with Gasteiger partial charge >= 0.3 is 0 Å². The lowest BCUT2D eigenvalue weighted by Gasteiger charge is -2.52. The van der Waals surface area contributed by atoms with Crippen LogP contribution in [0.3, 0.4) is 0 Å². The van der Waals surface area contributed by atoms with Crippen LogP contribution in [-0.4, -0.2) is 66.5 Å². The molecule has 2 aliphatic heterocycles. The zero-order valence-corrected chi connectivity index (χ0v) is 23.5. The first-order valence-corrected chi connectivity index (χ1v) is 15.3. The Labute approximate surface area is 233 Å². The summed E-state index contributed by atoms with van der Waals surface area (Å²) in [5.74, 6) is 1.50. The van der Waals surface area contributed by atoms with E-state index in [0.29, 0.717) is 36.9 Å². The second-order valence-corrected chi connectivity index (χ2v) is 13.2. The quantitative estimate of drug-likeness (QED) is 0.466. The summed E-state index contributed by atoms with van der Waals surface area (Å²) in [6.07, 6.45) is 8.95. The highest BCUT2D eigenvalue weighted by Gasteiger charge is 2.57. The molecule has 1 saturated carbocycles. The lowest BCUT2D eigenvalue weighted by Crippen LogP contribution is -2.63. The van der Waals surface area contributed by atoms with E-state index in [1.54, 1.807) is 25.6 Å². The number of sulfone groups is 1. The second kappa shape index (κ2) is 9.65. The summed E-state index contributed by atoms with van der Waals surface area (Å²) in [6, 6.07) is 12.2. The van der Waals surface area contributed by atoms with Crippen LogP contribution in [0.2, 0.25) is 0 Å². The summed E-state index contributed by atoms with van der Waals surface area (Å²) < 4.78 is 52.7. The minimum absolute atomic E-state index is 0.0187. The Bertz CT molecular complexity index is 1610. The Morgan fingerprint density at radius 1 is 1.20 bits per heavy atom. The Balaban J connectivity index is 1.42. The molecular weight excluding hydrogens is 533 g/mol. The van der Waals surface area contributed by atoms with Crippen molar-refractivity contribution >= 4 is 21.7 Å². The molecule has 3 heterocycles. The number of aromatic nitrogens is 2. The number of aryl methyl sites for hydroxylation is 1. The standard InChI is InChI=1S/C29H32FN5O4S/c1-20-16-34(19-31-20)24-9-4-21(14-25(24)38-2)15-26-27-33-32-17-29(12-13-40(3,36)37,22-5-7-23(30)8-6-22)35(27)18-28(39-26)10-11-28/h4-9,14-16,19,32H,10-13,17-18H2,1-3H3/b26-15-. The van der Waals surface area contributed by atoms with Crippen molar-refractivity contribution < 1.29 is 22.3 Å². The number of halogens is 1. The van der Waals surface area contributed by atoms with Crippen molar-refractivity contribution in [1.29, 1.82) is 0 Å². The highest BCUT2D eigenvalue weighted by Crippen LogP contribution is 2.50. The number of nitrogens with one attached hydrogen (secondary N) is 1. The molecule has 3 aromatic rings. The van der Waals surface area contributed by atoms with Gasteiger partial charge in [-0.2, -0.15) is 5.10 Å². The van der Waals surface area contributed by atoms with Gasteiger partial charge in [0, 0.05) is 12.5 Å². The van der Waals surface area contributed by atoms with Crippen LogP contribution in [0.1, 0.15) is 36.1 Å². The Hall–Kier alpha value is -3.86. The summed E-state index contributed by atoms with van der Waals surface area (Å²) in [6.45, 7) is 2.88. The number of hydrogen-bond donors (Lipinski definition) is 1. The molecule has 3 aliphatic rings. The van der Waals surface area contributed by atoms with Crippen LogP contribution in [0.25, 0.3) is 11.8 Å². The van der Waals surface area contributed by atoms with Crippen molar-refractivity contribution in [2.24, 2.45) is 5.10 Å². The van der Waals surface area contributed by atoms with Crippen molar-refractivity contribution in [3.05, 3.63) is 83.4 Å². The normalized spacial score (nSPS) is 22.4. The van der Waals surface area contributed by atoms with E-state index in [9.17, 15) is 12.8 Å². The van der Waals surface area contributed by atoms with Gasteiger partial charge in [0.1, 0.15) is 27.0 Å². The van der Waals surface area contributed by atoms with Gasteiger partial charge in [0.05, 0.1) is 49.2 Å². The number of hydrogen-bond acceptors (Lipinski definition) is 8. The Morgan fingerprint density at radius 2 is 1.98 bits per heavy atom. The fourth-order valence-corrected chi connectivity index (χ4v) is 6.26. The van der Waals surface area contributed by atoms with Crippen LogP contribution in [0, 0.1) is 12.7 Å². The van der Waals surface area contributed by atoms with Crippen molar-refractivity contribution in [2.45, 2.75) is 37.3 Å². The smallest absolute Gasteiger partial charge is 0.191 e. The third-order valence-electron chi connectivity index (χ3n) is 7.89. The number of nitrogens with zero attached hydrogens (tertiary/aromatic N) is 4. The molecule has 1 aromatic heterocycles. The fourth-order valence-electron chi connectivity index (χ4n) is 5.55. The molecule has 11 heteroatoms. The maximum atomic E-state index is 13.9. The van der Waals surface area contributed by atoms with E-state index in [1.165, 1.54) is 18.4 Å². The van der Waals surface area contributed by atoms with E-state index in [1.807, 2.05) is 42.0 Å². The largest absolute Gasteiger partial charge is 0.495 e. The molecule has 0 amide bonds. The maximum Gasteiger partial charge on any atom is 0.191 e. The predicted molar refractivity (Wildman–Crippen MR) is 150 cm³/mol. The number of rotatable bonds is 7. The molecule has 9 nitrogen and oxygen atoms in total. The molecular formula is C29H32FN5O4S. The zero-order chi connectivity index (χ0) is 28.1. The summed E-state index contributed by atoms with van der Waals surface area (Å²) >= 11 is 0. The molecule has 1 unspecified atom stereocenters. The number of amidine groups is 1. The van der Waals surface area contributed by atoms with Crippen LogP contribution >= 0.6 is 0 Å². The number of imidazole rings is 1. The molecule has 1 saturated heterocycles. The average molecular weight is 566 g/mol. The fraction of sp³-hybridized carbons (Fsp3) is 0.379. The number of benzene rings is 2. The number of morpholine rings is 1. The third kappa shape index (κ3) is 4.94. The molecule has 6 rings (SSSR count). The molecule has 210 valence electrons. The molecule has 1 spiro atoms. The number of hydrazone groups is 1. The van der Waals surface area contributed by atoms with Crippen LogP contribution in [0.4, 0.5) is 4.39 Å². The zero-order valence-electron chi connectivity index (χ0n) is 22.7. The van der Waals surface area contributed by atoms with Crippen molar-refractivity contribution in [3.8, 4) is 11.4 Å². The minimum Gasteiger partial charge on any atom is -0.495 e. The second-order valence-electron chi connectivity index (χ2n) is 10.9. The molecule has 1 atom stereocenters. The van der Waals surface area contributed by atoms with Gasteiger partial charge in [0.15, 0.2) is 11.6 Å². The minimum atomic E-state index is -3.26. The van der Waals surface area contributed by atoms with E-state index >= 15 is 0 Å². The van der Waals surface area contributed by atoms with E-state index in [2.05, 4.69) is 20.4 Å². The van der Waals surface area contributed by atoms with Gasteiger partial charge in [-0.3, -0.25) is 0 Å². The van der Waals surface area contributed by atoms with Gasteiger partial charge in [-0.05, 0) is 67.7 Å². The SMILES string of the molecule is COc1cc(/C=C2\OC3(CC3)CN3C2=NNCC3(CCS(C)(=O)=O)c2ccc(F)cc2)ccc1-n1cnc(C)c1. The highest BCUT2D eigenvalue weighted by atomic mass is 32.2. The van der Waals surface area contributed by atoms with Crippen LogP contribution in [0.15, 0.2) is 65.8 Å². The molecule has 0 bridgehead atoms. The summed E-state index contributed by atoms with van der Waals surface area (Å²) in [5, 5.41) is 4.65. The van der Waals surface area contributed by atoms with Crippen molar-refractivity contribution in [2.75, 3.05) is 32.2 Å². The molecule has 1 N–H and O–H groups in total. The molecule has 0 radical (unpaired) electrons. The Morgan fingerprint density at radius 3 is 2.62 bits per heavy atom. The lowest BCUT2D eigenvalue weighted by molar-refractivity contribution is 0.00926. The summed E-state index contributed by atoms with van der Waals surface area (Å²) in [5.41, 5.74) is 5.47. The average Bonchev–Trinajstić information content (AvgIpc) is 3.52. The van der Waals surface area contributed by atoms with E-state index < -0.39 is 15.4 Å². The first-order chi connectivity index (χ1) is 19.1. The lowest BCUT2D eigenvalue weighted by atomic mass is 9.83. The van der Waals surface area contributed by atoms with E-state index in [-0.39, 0.29) is 17.2 Å². The van der Waals surface area contributed by atoms with Crippen LogP contribution in [-0.2, 0) is 20.1 Å². The number of ether oxygens (including phenoxy) is 2. The van der Waals surface area contributed by atoms with Crippen LogP contribution in [0.5, 0.6) is 5.75 Å². The topological polar surface area (TPSA) is 98.0 Å². The summed E-state index contributed by atoms with van der Waals surface area (Å²) in [4.78, 5) is 6.49. The first-order valence-electron chi connectivity index (χ1n) is 13.2. The maximum absolute atomic E-state index is 13.9. The first kappa shape index (κ1) is 26.4. The van der Waals surface area contributed by atoms with Crippen LogP contribution < -0.4 is 10.2 Å².